The summed E-state index contributed by atoms with van der Waals surface area (Å²) in [5.74, 6) is -0.214. The first-order valence-electron chi connectivity index (χ1n) is 6.02. The normalized spacial score (nSPS) is 26.2. The summed E-state index contributed by atoms with van der Waals surface area (Å²) < 4.78 is 39.6. The SMILES string of the molecule is CC1CC(C)CN(S(=O)(=O)c2ncccc2F)C1. The Kier molecular flexibility index (Phi) is 3.68. The maximum absolute atomic E-state index is 13.6. The first-order chi connectivity index (χ1) is 8.41. The minimum atomic E-state index is -3.81. The number of hydrogen-bond acceptors (Lipinski definition) is 3. The molecule has 1 aliphatic rings. The molecule has 1 fully saturated rings. The van der Waals surface area contributed by atoms with Gasteiger partial charge in [0.05, 0.1) is 0 Å². The quantitative estimate of drug-likeness (QED) is 0.826. The number of pyridine rings is 1. The molecule has 0 saturated carbocycles. The van der Waals surface area contributed by atoms with Crippen LogP contribution < -0.4 is 0 Å². The molecule has 6 heteroatoms. The molecule has 0 bridgehead atoms. The van der Waals surface area contributed by atoms with Crippen LogP contribution in [0, 0.1) is 17.7 Å². The molecule has 2 rings (SSSR count). The highest BCUT2D eigenvalue weighted by Gasteiger charge is 2.34. The van der Waals surface area contributed by atoms with Crippen molar-refractivity contribution >= 4 is 10.0 Å². The van der Waals surface area contributed by atoms with Gasteiger partial charge in [0, 0.05) is 19.3 Å². The summed E-state index contributed by atoms with van der Waals surface area (Å²) in [5.41, 5.74) is 0. The van der Waals surface area contributed by atoms with Crippen LogP contribution in [0.25, 0.3) is 0 Å². The van der Waals surface area contributed by atoms with Crippen LogP contribution in [0.3, 0.4) is 0 Å². The number of piperidine rings is 1. The van der Waals surface area contributed by atoms with Crippen molar-refractivity contribution in [2.45, 2.75) is 25.3 Å². The highest BCUT2D eigenvalue weighted by Crippen LogP contribution is 2.26. The Bertz CT molecular complexity index is 523. The molecule has 1 aromatic heterocycles. The van der Waals surface area contributed by atoms with Crippen molar-refractivity contribution in [2.24, 2.45) is 11.8 Å². The Labute approximate surface area is 107 Å². The van der Waals surface area contributed by atoms with Gasteiger partial charge in [0.1, 0.15) is 0 Å². The fourth-order valence-electron chi connectivity index (χ4n) is 2.49. The third-order valence-electron chi connectivity index (χ3n) is 3.14. The highest BCUT2D eigenvalue weighted by molar-refractivity contribution is 7.89. The smallest absolute Gasteiger partial charge is 0.241 e. The molecule has 1 aromatic rings. The second-order valence-corrected chi connectivity index (χ2v) is 6.91. The molecule has 1 saturated heterocycles. The van der Waals surface area contributed by atoms with Crippen molar-refractivity contribution in [1.82, 2.24) is 9.29 Å². The molecule has 100 valence electrons. The summed E-state index contributed by atoms with van der Waals surface area (Å²) in [7, 11) is -3.81. The van der Waals surface area contributed by atoms with Gasteiger partial charge in [-0.25, -0.2) is 17.8 Å². The molecule has 0 radical (unpaired) electrons. The third-order valence-corrected chi connectivity index (χ3v) is 4.91. The van der Waals surface area contributed by atoms with E-state index in [1.54, 1.807) is 0 Å². The number of nitrogens with zero attached hydrogens (tertiary/aromatic N) is 2. The van der Waals surface area contributed by atoms with Gasteiger partial charge in [-0.05, 0) is 30.4 Å². The molecule has 0 N–H and O–H groups in total. The largest absolute Gasteiger partial charge is 0.263 e. The molecule has 1 aliphatic heterocycles. The average molecular weight is 272 g/mol. The van der Waals surface area contributed by atoms with Crippen LogP contribution in [0.2, 0.25) is 0 Å². The first-order valence-corrected chi connectivity index (χ1v) is 7.46. The van der Waals surface area contributed by atoms with Gasteiger partial charge < -0.3 is 0 Å². The lowest BCUT2D eigenvalue weighted by Gasteiger charge is -2.33. The van der Waals surface area contributed by atoms with Gasteiger partial charge in [0.15, 0.2) is 5.82 Å². The molecular formula is C12H17FN2O2S. The van der Waals surface area contributed by atoms with E-state index in [0.29, 0.717) is 13.1 Å². The fraction of sp³-hybridized carbons (Fsp3) is 0.583. The van der Waals surface area contributed by atoms with Gasteiger partial charge in [-0.1, -0.05) is 13.8 Å². The van der Waals surface area contributed by atoms with Gasteiger partial charge in [0.2, 0.25) is 5.03 Å². The van der Waals surface area contributed by atoms with E-state index >= 15 is 0 Å². The van der Waals surface area contributed by atoms with E-state index in [9.17, 15) is 12.8 Å². The van der Waals surface area contributed by atoms with E-state index in [1.807, 2.05) is 13.8 Å². The molecule has 0 aromatic carbocycles. The maximum Gasteiger partial charge on any atom is 0.263 e. The van der Waals surface area contributed by atoms with Crippen molar-refractivity contribution in [3.63, 3.8) is 0 Å². The summed E-state index contributed by atoms with van der Waals surface area (Å²) in [6.07, 6.45) is 2.30. The van der Waals surface area contributed by atoms with E-state index < -0.39 is 20.9 Å². The van der Waals surface area contributed by atoms with Crippen molar-refractivity contribution in [3.8, 4) is 0 Å². The van der Waals surface area contributed by atoms with E-state index in [1.165, 1.54) is 16.6 Å². The number of rotatable bonds is 2. The van der Waals surface area contributed by atoms with E-state index in [2.05, 4.69) is 4.98 Å². The minimum Gasteiger partial charge on any atom is -0.241 e. The van der Waals surface area contributed by atoms with Gasteiger partial charge >= 0.3 is 0 Å². The average Bonchev–Trinajstić information content (AvgIpc) is 2.28. The zero-order valence-corrected chi connectivity index (χ0v) is 11.3. The number of hydrogen-bond donors (Lipinski definition) is 0. The Balaban J connectivity index is 2.34. The first kappa shape index (κ1) is 13.4. The summed E-state index contributed by atoms with van der Waals surface area (Å²) in [6.45, 7) is 4.88. The molecule has 2 unspecified atom stereocenters. The van der Waals surface area contributed by atoms with Crippen LogP contribution >= 0.6 is 0 Å². The minimum absolute atomic E-state index is 0.287. The van der Waals surface area contributed by atoms with Crippen LogP contribution in [0.4, 0.5) is 4.39 Å². The Morgan fingerprint density at radius 2 is 1.94 bits per heavy atom. The molecule has 2 heterocycles. The lowest BCUT2D eigenvalue weighted by Crippen LogP contribution is -2.43. The van der Waals surface area contributed by atoms with E-state index in [0.717, 1.165) is 12.5 Å². The standard InChI is InChI=1S/C12H17FN2O2S/c1-9-6-10(2)8-15(7-9)18(16,17)12-11(13)4-3-5-14-12/h3-5,9-10H,6-8H2,1-2H3. The zero-order chi connectivity index (χ0) is 13.3. The molecule has 4 nitrogen and oxygen atoms in total. The lowest BCUT2D eigenvalue weighted by atomic mass is 9.94. The Morgan fingerprint density at radius 3 is 2.50 bits per heavy atom. The van der Waals surface area contributed by atoms with E-state index in [4.69, 9.17) is 0 Å². The van der Waals surface area contributed by atoms with E-state index in [-0.39, 0.29) is 11.8 Å². The van der Waals surface area contributed by atoms with Gasteiger partial charge in [-0.3, -0.25) is 0 Å². The van der Waals surface area contributed by atoms with Gasteiger partial charge in [-0.2, -0.15) is 4.31 Å². The number of halogens is 1. The molecule has 0 aliphatic carbocycles. The predicted octanol–water partition coefficient (Wildman–Crippen LogP) is 1.89. The van der Waals surface area contributed by atoms with Crippen molar-refractivity contribution in [1.29, 1.82) is 0 Å². The lowest BCUT2D eigenvalue weighted by molar-refractivity contribution is 0.221. The number of sulfonamides is 1. The molecule has 2 atom stereocenters. The second kappa shape index (κ2) is 4.93. The van der Waals surface area contributed by atoms with Crippen molar-refractivity contribution in [3.05, 3.63) is 24.1 Å². The maximum atomic E-state index is 13.6. The van der Waals surface area contributed by atoms with Gasteiger partial charge in [0.25, 0.3) is 10.0 Å². The monoisotopic (exact) mass is 272 g/mol. The van der Waals surface area contributed by atoms with Crippen LogP contribution in [-0.4, -0.2) is 30.8 Å². The van der Waals surface area contributed by atoms with Crippen molar-refractivity contribution in [2.75, 3.05) is 13.1 Å². The van der Waals surface area contributed by atoms with Crippen LogP contribution in [-0.2, 0) is 10.0 Å². The molecule has 0 spiro atoms. The van der Waals surface area contributed by atoms with Crippen LogP contribution in [0.1, 0.15) is 20.3 Å². The van der Waals surface area contributed by atoms with Gasteiger partial charge in [-0.15, -0.1) is 0 Å². The zero-order valence-electron chi connectivity index (χ0n) is 10.5. The fourth-order valence-corrected chi connectivity index (χ4v) is 4.14. The number of aromatic nitrogens is 1. The summed E-state index contributed by atoms with van der Waals surface area (Å²) in [6, 6.07) is 2.51. The molecular weight excluding hydrogens is 255 g/mol. The summed E-state index contributed by atoms with van der Waals surface area (Å²) in [5, 5.41) is -0.466. The van der Waals surface area contributed by atoms with Crippen LogP contribution in [0.5, 0.6) is 0 Å². The third kappa shape index (κ3) is 2.54. The molecule has 18 heavy (non-hydrogen) atoms. The highest BCUT2D eigenvalue weighted by atomic mass is 32.2. The summed E-state index contributed by atoms with van der Waals surface area (Å²) >= 11 is 0. The second-order valence-electron chi connectivity index (χ2n) is 5.06. The predicted molar refractivity (Wildman–Crippen MR) is 65.9 cm³/mol. The topological polar surface area (TPSA) is 50.3 Å². The Morgan fingerprint density at radius 1 is 1.33 bits per heavy atom. The van der Waals surface area contributed by atoms with Crippen molar-refractivity contribution < 1.29 is 12.8 Å². The van der Waals surface area contributed by atoms with Crippen LogP contribution in [0.15, 0.2) is 23.4 Å². The molecule has 0 amide bonds. The summed E-state index contributed by atoms with van der Waals surface area (Å²) in [4.78, 5) is 3.67. The Hall–Kier alpha value is -1.01.